The zero-order chi connectivity index (χ0) is 25.7. The molecule has 1 N–H and O–H groups in total. The smallest absolute Gasteiger partial charge is 0.263 e. The molecule has 3 aliphatic heterocycles. The minimum absolute atomic E-state index is 0.0811. The third-order valence-electron chi connectivity index (χ3n) is 7.34. The van der Waals surface area contributed by atoms with E-state index in [4.69, 9.17) is 4.74 Å². The number of nitrogens with one attached hydrogen (secondary N) is 1. The van der Waals surface area contributed by atoms with Crippen molar-refractivity contribution in [1.29, 1.82) is 0 Å². The van der Waals surface area contributed by atoms with Crippen molar-refractivity contribution < 1.29 is 13.9 Å². The zero-order valence-corrected chi connectivity index (χ0v) is 21.6. The molecule has 2 aromatic heterocycles. The van der Waals surface area contributed by atoms with E-state index in [0.29, 0.717) is 11.6 Å². The van der Waals surface area contributed by atoms with Crippen molar-refractivity contribution in [3.63, 3.8) is 0 Å². The van der Waals surface area contributed by atoms with Crippen LogP contribution in [0.3, 0.4) is 0 Å². The van der Waals surface area contributed by atoms with Gasteiger partial charge in [0.15, 0.2) is 18.2 Å². The van der Waals surface area contributed by atoms with Gasteiger partial charge in [-0.05, 0) is 43.5 Å². The fraction of sp³-hybridized carbons (Fsp3) is 0.483. The maximum atomic E-state index is 13.8. The number of rotatable bonds is 2. The van der Waals surface area contributed by atoms with Crippen molar-refractivity contribution in [1.82, 2.24) is 9.97 Å². The summed E-state index contributed by atoms with van der Waals surface area (Å²) >= 11 is 0. The van der Waals surface area contributed by atoms with Gasteiger partial charge >= 0.3 is 0 Å². The second-order valence-corrected chi connectivity index (χ2v) is 9.84. The van der Waals surface area contributed by atoms with Crippen molar-refractivity contribution in [2.75, 3.05) is 23.4 Å². The number of aromatic nitrogens is 2. The second-order valence-electron chi connectivity index (χ2n) is 9.84. The van der Waals surface area contributed by atoms with Crippen LogP contribution in [0.5, 0.6) is 5.75 Å². The summed E-state index contributed by atoms with van der Waals surface area (Å²) in [6.45, 7) is 11.2. The third-order valence-corrected chi connectivity index (χ3v) is 7.34. The molecule has 2 aromatic rings. The number of anilines is 2. The van der Waals surface area contributed by atoms with Crippen LogP contribution in [-0.2, 0) is 4.79 Å². The minimum Gasteiger partial charge on any atom is -0.480 e. The van der Waals surface area contributed by atoms with Crippen LogP contribution in [0.4, 0.5) is 15.9 Å². The van der Waals surface area contributed by atoms with Crippen molar-refractivity contribution in [3.8, 4) is 5.75 Å². The number of hydrogen-bond acceptors (Lipinski definition) is 5. The van der Waals surface area contributed by atoms with E-state index in [2.05, 4.69) is 40.6 Å². The van der Waals surface area contributed by atoms with Crippen LogP contribution in [0, 0.1) is 18.7 Å². The lowest BCUT2D eigenvalue weighted by molar-refractivity contribution is -0.118. The summed E-state index contributed by atoms with van der Waals surface area (Å²) in [7, 11) is 0. The Labute approximate surface area is 213 Å². The molecule has 5 heterocycles. The summed E-state index contributed by atoms with van der Waals surface area (Å²) < 4.78 is 18.9. The van der Waals surface area contributed by atoms with E-state index >= 15 is 0 Å². The number of ether oxygens (including phenoxy) is 1. The van der Waals surface area contributed by atoms with Gasteiger partial charge in [0.25, 0.3) is 5.91 Å². The van der Waals surface area contributed by atoms with Gasteiger partial charge in [0.2, 0.25) is 0 Å². The highest BCUT2D eigenvalue weighted by Crippen LogP contribution is 2.45. The van der Waals surface area contributed by atoms with Crippen LogP contribution < -0.4 is 15.0 Å². The molecule has 0 saturated heterocycles. The first-order chi connectivity index (χ1) is 17.4. The molecule has 1 saturated carbocycles. The van der Waals surface area contributed by atoms with Crippen molar-refractivity contribution in [2.24, 2.45) is 5.92 Å². The SMILES string of the molecule is C=C1C=Cc2ncc(F)c3c2N1CC3CC.CCC1CCCCC1.Cc1ccc2c(n1)NC(=O)CO2. The van der Waals surface area contributed by atoms with Crippen molar-refractivity contribution in [3.05, 3.63) is 59.5 Å². The Morgan fingerprint density at radius 2 is 1.94 bits per heavy atom. The minimum atomic E-state index is -0.184. The summed E-state index contributed by atoms with van der Waals surface area (Å²) in [5.74, 6) is 2.17. The summed E-state index contributed by atoms with van der Waals surface area (Å²) in [6.07, 6.45) is 15.1. The molecule has 7 heteroatoms. The van der Waals surface area contributed by atoms with E-state index in [9.17, 15) is 9.18 Å². The highest BCUT2D eigenvalue weighted by molar-refractivity contribution is 5.94. The van der Waals surface area contributed by atoms with Gasteiger partial charge < -0.3 is 15.0 Å². The van der Waals surface area contributed by atoms with E-state index in [1.165, 1.54) is 44.7 Å². The number of aryl methyl sites for hydroxylation is 1. The standard InChI is InChI=1S/C13H13FN2.C8H8N2O2.C8H16/c1-3-9-7-16-8(2)4-5-11-13(16)12(9)10(14)6-15-11;1-5-2-3-6-8(9-5)10-7(11)4-12-6;1-2-8-6-4-3-5-7-8/h4-6,9H,2-3,7H2,1H3;2-3H,4H2,1H3,(H,9,10,11);8H,2-7H2,1H3. The Bertz CT molecular complexity index is 1140. The van der Waals surface area contributed by atoms with Gasteiger partial charge in [-0.25, -0.2) is 9.37 Å². The first-order valence-electron chi connectivity index (χ1n) is 13.1. The maximum absolute atomic E-state index is 13.8. The molecule has 36 heavy (non-hydrogen) atoms. The molecule has 1 atom stereocenters. The largest absolute Gasteiger partial charge is 0.480 e. The second kappa shape index (κ2) is 11.7. The van der Waals surface area contributed by atoms with Gasteiger partial charge in [-0.3, -0.25) is 9.78 Å². The van der Waals surface area contributed by atoms with Gasteiger partial charge in [-0.1, -0.05) is 59.0 Å². The van der Waals surface area contributed by atoms with E-state index in [1.54, 1.807) is 6.07 Å². The Balaban J connectivity index is 0.000000135. The van der Waals surface area contributed by atoms with Gasteiger partial charge in [0.1, 0.15) is 5.82 Å². The number of nitrogens with zero attached hydrogens (tertiary/aromatic N) is 3. The predicted octanol–water partition coefficient (Wildman–Crippen LogP) is 6.77. The molecular formula is C29H37FN4O2. The van der Waals surface area contributed by atoms with E-state index < -0.39 is 0 Å². The van der Waals surface area contributed by atoms with E-state index in [-0.39, 0.29) is 24.2 Å². The molecule has 0 aromatic carbocycles. The Morgan fingerprint density at radius 1 is 1.17 bits per heavy atom. The Morgan fingerprint density at radius 3 is 2.64 bits per heavy atom. The van der Waals surface area contributed by atoms with E-state index in [1.807, 2.05) is 25.1 Å². The predicted molar refractivity (Wildman–Crippen MR) is 143 cm³/mol. The monoisotopic (exact) mass is 492 g/mol. The third kappa shape index (κ3) is 5.77. The number of carbonyl (C=O) groups is 1. The van der Waals surface area contributed by atoms with Crippen LogP contribution in [0.2, 0.25) is 0 Å². The van der Waals surface area contributed by atoms with Crippen LogP contribution in [0.1, 0.15) is 81.7 Å². The number of pyridine rings is 2. The lowest BCUT2D eigenvalue weighted by Gasteiger charge is -2.24. The number of carbonyl (C=O) groups excluding carboxylic acids is 1. The molecule has 1 aliphatic carbocycles. The molecule has 1 unspecified atom stereocenters. The molecule has 1 fully saturated rings. The molecule has 4 aliphatic rings. The molecule has 6 nitrogen and oxygen atoms in total. The topological polar surface area (TPSA) is 67.4 Å². The summed E-state index contributed by atoms with van der Waals surface area (Å²) in [5, 5.41) is 2.63. The normalized spacial score (nSPS) is 19.7. The van der Waals surface area contributed by atoms with Crippen molar-refractivity contribution in [2.45, 2.75) is 71.6 Å². The first-order valence-corrected chi connectivity index (χ1v) is 13.1. The van der Waals surface area contributed by atoms with Gasteiger partial charge in [0, 0.05) is 29.4 Å². The van der Waals surface area contributed by atoms with Crippen LogP contribution in [0.15, 0.2) is 36.7 Å². The number of fused-ring (bicyclic) bond motifs is 1. The molecule has 192 valence electrons. The highest BCUT2D eigenvalue weighted by Gasteiger charge is 2.35. The van der Waals surface area contributed by atoms with Gasteiger partial charge in [-0.2, -0.15) is 0 Å². The fourth-order valence-corrected chi connectivity index (χ4v) is 5.22. The Kier molecular flexibility index (Phi) is 8.39. The fourth-order valence-electron chi connectivity index (χ4n) is 5.22. The van der Waals surface area contributed by atoms with Crippen LogP contribution in [-0.4, -0.2) is 29.0 Å². The molecule has 0 radical (unpaired) electrons. The van der Waals surface area contributed by atoms with E-state index in [0.717, 1.165) is 47.2 Å². The van der Waals surface area contributed by atoms with Crippen LogP contribution >= 0.6 is 0 Å². The van der Waals surface area contributed by atoms with Crippen molar-refractivity contribution >= 4 is 23.5 Å². The first kappa shape index (κ1) is 25.9. The van der Waals surface area contributed by atoms with Crippen LogP contribution in [0.25, 0.3) is 6.08 Å². The lowest BCUT2D eigenvalue weighted by atomic mass is 9.88. The lowest BCUT2D eigenvalue weighted by Crippen LogP contribution is -2.26. The van der Waals surface area contributed by atoms with Gasteiger partial charge in [0.05, 0.1) is 17.6 Å². The quantitative estimate of drug-likeness (QED) is 0.501. The summed E-state index contributed by atoms with van der Waals surface area (Å²) in [4.78, 5) is 21.2. The molecule has 6 rings (SSSR count). The maximum Gasteiger partial charge on any atom is 0.263 e. The highest BCUT2D eigenvalue weighted by atomic mass is 19.1. The number of hydrogen-bond donors (Lipinski definition) is 1. The Hall–Kier alpha value is -3.22. The number of amides is 1. The summed E-state index contributed by atoms with van der Waals surface area (Å²) in [5.41, 5.74) is 4.40. The number of allylic oxidation sites excluding steroid dienone is 1. The average Bonchev–Trinajstić information content (AvgIpc) is 3.30. The number of halogens is 1. The zero-order valence-electron chi connectivity index (χ0n) is 21.6. The molecule has 1 amide bonds. The average molecular weight is 493 g/mol. The summed E-state index contributed by atoms with van der Waals surface area (Å²) in [6, 6.07) is 3.65. The molecule has 0 bridgehead atoms. The molecule has 0 spiro atoms. The molecular weight excluding hydrogens is 455 g/mol. The van der Waals surface area contributed by atoms with Gasteiger partial charge in [-0.15, -0.1) is 0 Å².